The van der Waals surface area contributed by atoms with Gasteiger partial charge in [0.1, 0.15) is 0 Å². The van der Waals surface area contributed by atoms with Crippen molar-refractivity contribution >= 4 is 17.5 Å². The van der Waals surface area contributed by atoms with Crippen LogP contribution in [0.15, 0.2) is 36.7 Å². The minimum atomic E-state index is -0.175. The van der Waals surface area contributed by atoms with E-state index in [0.717, 1.165) is 5.69 Å². The van der Waals surface area contributed by atoms with Crippen molar-refractivity contribution in [3.05, 3.63) is 47.2 Å². The third kappa shape index (κ3) is 4.32. The van der Waals surface area contributed by atoms with Crippen LogP contribution in [0.5, 0.6) is 0 Å². The van der Waals surface area contributed by atoms with Gasteiger partial charge in [-0.1, -0.05) is 25.4 Å². The molecule has 0 saturated carbocycles. The molecular weight excluding hydrogens is 302 g/mol. The summed E-state index contributed by atoms with van der Waals surface area (Å²) in [4.78, 5) is 12.1. The van der Waals surface area contributed by atoms with Gasteiger partial charge >= 0.3 is 0 Å². The van der Waals surface area contributed by atoms with Crippen LogP contribution in [0.2, 0.25) is 5.02 Å². The van der Waals surface area contributed by atoms with Crippen molar-refractivity contribution in [1.82, 2.24) is 15.1 Å². The Kier molecular flexibility index (Phi) is 5.21. The van der Waals surface area contributed by atoms with Crippen molar-refractivity contribution in [2.24, 2.45) is 5.41 Å². The van der Waals surface area contributed by atoms with Crippen LogP contribution >= 0.6 is 11.6 Å². The molecule has 22 heavy (non-hydrogen) atoms. The zero-order valence-electron chi connectivity index (χ0n) is 12.7. The maximum Gasteiger partial charge on any atom is 0.254 e. The number of hydrogen-bond acceptors (Lipinski definition) is 3. The molecule has 0 bridgehead atoms. The number of rotatable bonds is 6. The topological polar surface area (TPSA) is 67.2 Å². The molecule has 2 rings (SSSR count). The molecule has 1 aromatic carbocycles. The minimum Gasteiger partial charge on any atom is -0.396 e. The summed E-state index contributed by atoms with van der Waals surface area (Å²) in [5.41, 5.74) is 1.19. The fourth-order valence-corrected chi connectivity index (χ4v) is 2.11. The predicted molar refractivity (Wildman–Crippen MR) is 86.4 cm³/mol. The Hall–Kier alpha value is -1.85. The third-order valence-electron chi connectivity index (χ3n) is 3.45. The van der Waals surface area contributed by atoms with Crippen molar-refractivity contribution in [2.75, 3.05) is 13.2 Å². The Morgan fingerprint density at radius 3 is 2.68 bits per heavy atom. The summed E-state index contributed by atoms with van der Waals surface area (Å²) in [6.07, 6.45) is 3.85. The standard InChI is InChI=1S/C16H20ClN3O2/c1-16(2,7-8-21)11-18-15(22)12-9-19-20(10-12)14-5-3-13(17)4-6-14/h3-6,9-10,21H,7-8,11H2,1-2H3,(H,18,22). The summed E-state index contributed by atoms with van der Waals surface area (Å²) >= 11 is 5.85. The van der Waals surface area contributed by atoms with Gasteiger partial charge in [0.25, 0.3) is 5.91 Å². The summed E-state index contributed by atoms with van der Waals surface area (Å²) in [7, 11) is 0. The van der Waals surface area contributed by atoms with Crippen LogP contribution in [-0.4, -0.2) is 33.9 Å². The van der Waals surface area contributed by atoms with Crippen LogP contribution in [0.1, 0.15) is 30.6 Å². The SMILES string of the molecule is CC(C)(CCO)CNC(=O)c1cnn(-c2ccc(Cl)cc2)c1. The Labute approximate surface area is 134 Å². The Morgan fingerprint density at radius 1 is 1.36 bits per heavy atom. The number of hydrogen-bond donors (Lipinski definition) is 2. The summed E-state index contributed by atoms with van der Waals surface area (Å²) < 4.78 is 1.63. The normalized spacial score (nSPS) is 11.5. The highest BCUT2D eigenvalue weighted by Gasteiger charge is 2.19. The second kappa shape index (κ2) is 6.94. The molecule has 118 valence electrons. The van der Waals surface area contributed by atoms with Crippen molar-refractivity contribution in [2.45, 2.75) is 20.3 Å². The van der Waals surface area contributed by atoms with E-state index in [1.807, 2.05) is 26.0 Å². The molecule has 2 N–H and O–H groups in total. The van der Waals surface area contributed by atoms with E-state index in [1.165, 1.54) is 6.20 Å². The average molecular weight is 322 g/mol. The predicted octanol–water partition coefficient (Wildman–Crippen LogP) is 2.66. The first-order valence-corrected chi connectivity index (χ1v) is 7.49. The first kappa shape index (κ1) is 16.5. The Balaban J connectivity index is 2.02. The van der Waals surface area contributed by atoms with Gasteiger partial charge in [-0.3, -0.25) is 4.79 Å². The van der Waals surface area contributed by atoms with Gasteiger partial charge in [0.15, 0.2) is 0 Å². The first-order chi connectivity index (χ1) is 10.4. The molecule has 6 heteroatoms. The highest BCUT2D eigenvalue weighted by Crippen LogP contribution is 2.18. The summed E-state index contributed by atoms with van der Waals surface area (Å²) in [6.45, 7) is 4.61. The van der Waals surface area contributed by atoms with Crippen LogP contribution in [0.4, 0.5) is 0 Å². The maximum atomic E-state index is 12.1. The second-order valence-corrected chi connectivity index (χ2v) is 6.41. The number of carbonyl (C=O) groups excluding carboxylic acids is 1. The lowest BCUT2D eigenvalue weighted by atomic mass is 9.90. The van der Waals surface area contributed by atoms with Crippen LogP contribution in [0.3, 0.4) is 0 Å². The molecule has 0 saturated heterocycles. The quantitative estimate of drug-likeness (QED) is 0.859. The lowest BCUT2D eigenvalue weighted by molar-refractivity contribution is 0.0928. The van der Waals surface area contributed by atoms with E-state index >= 15 is 0 Å². The molecule has 0 spiro atoms. The number of carbonyl (C=O) groups is 1. The monoisotopic (exact) mass is 321 g/mol. The van der Waals surface area contributed by atoms with Crippen molar-refractivity contribution in [3.8, 4) is 5.69 Å². The van der Waals surface area contributed by atoms with E-state index in [4.69, 9.17) is 16.7 Å². The molecule has 1 amide bonds. The minimum absolute atomic E-state index is 0.109. The number of aliphatic hydroxyl groups excluding tert-OH is 1. The van der Waals surface area contributed by atoms with Crippen molar-refractivity contribution in [3.63, 3.8) is 0 Å². The molecule has 0 aliphatic carbocycles. The smallest absolute Gasteiger partial charge is 0.254 e. The highest BCUT2D eigenvalue weighted by molar-refractivity contribution is 6.30. The van der Waals surface area contributed by atoms with Gasteiger partial charge in [-0.05, 0) is 36.1 Å². The Bertz CT molecular complexity index is 635. The molecule has 0 fully saturated rings. The third-order valence-corrected chi connectivity index (χ3v) is 3.70. The molecule has 0 radical (unpaired) electrons. The molecule has 0 atom stereocenters. The van der Waals surface area contributed by atoms with E-state index in [-0.39, 0.29) is 17.9 Å². The van der Waals surface area contributed by atoms with E-state index in [0.29, 0.717) is 23.6 Å². The largest absolute Gasteiger partial charge is 0.396 e. The lowest BCUT2D eigenvalue weighted by Gasteiger charge is -2.23. The van der Waals surface area contributed by atoms with Crippen LogP contribution in [0.25, 0.3) is 5.69 Å². The molecular formula is C16H20ClN3O2. The molecule has 1 aromatic heterocycles. The lowest BCUT2D eigenvalue weighted by Crippen LogP contribution is -2.34. The fraction of sp³-hybridized carbons (Fsp3) is 0.375. The van der Waals surface area contributed by atoms with Crippen LogP contribution in [0, 0.1) is 5.41 Å². The maximum absolute atomic E-state index is 12.1. The Morgan fingerprint density at radius 2 is 2.05 bits per heavy atom. The van der Waals surface area contributed by atoms with E-state index < -0.39 is 0 Å². The molecule has 5 nitrogen and oxygen atoms in total. The zero-order chi connectivity index (χ0) is 16.2. The van der Waals surface area contributed by atoms with E-state index in [9.17, 15) is 4.79 Å². The van der Waals surface area contributed by atoms with E-state index in [1.54, 1.807) is 23.0 Å². The summed E-state index contributed by atoms with van der Waals surface area (Å²) in [6, 6.07) is 7.22. The highest BCUT2D eigenvalue weighted by atomic mass is 35.5. The molecule has 2 aromatic rings. The van der Waals surface area contributed by atoms with Gasteiger partial charge in [0.05, 0.1) is 17.4 Å². The number of benzene rings is 1. The number of nitrogens with one attached hydrogen (secondary N) is 1. The number of aromatic nitrogens is 2. The van der Waals surface area contributed by atoms with Gasteiger partial charge in [-0.25, -0.2) is 4.68 Å². The van der Waals surface area contributed by atoms with Gasteiger partial charge in [-0.2, -0.15) is 5.10 Å². The summed E-state index contributed by atoms with van der Waals surface area (Å²) in [5.74, 6) is -0.175. The van der Waals surface area contributed by atoms with Crippen LogP contribution < -0.4 is 5.32 Å². The first-order valence-electron chi connectivity index (χ1n) is 7.11. The van der Waals surface area contributed by atoms with Crippen molar-refractivity contribution in [1.29, 1.82) is 0 Å². The number of nitrogens with zero attached hydrogens (tertiary/aromatic N) is 2. The fourth-order valence-electron chi connectivity index (χ4n) is 1.99. The zero-order valence-corrected chi connectivity index (χ0v) is 13.5. The van der Waals surface area contributed by atoms with E-state index in [2.05, 4.69) is 10.4 Å². The molecule has 0 aliphatic heterocycles. The summed E-state index contributed by atoms with van der Waals surface area (Å²) in [5, 5.41) is 16.7. The van der Waals surface area contributed by atoms with Crippen LogP contribution in [-0.2, 0) is 0 Å². The average Bonchev–Trinajstić information content (AvgIpc) is 2.95. The molecule has 0 unspecified atom stereocenters. The van der Waals surface area contributed by atoms with Gasteiger partial charge in [0.2, 0.25) is 0 Å². The van der Waals surface area contributed by atoms with Gasteiger partial charge < -0.3 is 10.4 Å². The van der Waals surface area contributed by atoms with Gasteiger partial charge in [0, 0.05) is 24.4 Å². The number of halogens is 1. The second-order valence-electron chi connectivity index (χ2n) is 5.97. The molecule has 1 heterocycles. The molecule has 0 aliphatic rings. The number of amides is 1. The van der Waals surface area contributed by atoms with Gasteiger partial charge in [-0.15, -0.1) is 0 Å². The number of aliphatic hydroxyl groups is 1. The van der Waals surface area contributed by atoms with Crippen molar-refractivity contribution < 1.29 is 9.90 Å².